The number of fused-ring (bicyclic) bond motifs is 1. The van der Waals surface area contributed by atoms with E-state index >= 15 is 0 Å². The summed E-state index contributed by atoms with van der Waals surface area (Å²) in [7, 11) is 5.48. The summed E-state index contributed by atoms with van der Waals surface area (Å²) >= 11 is 0. The average Bonchev–Trinajstić information content (AvgIpc) is 2.53. The smallest absolute Gasteiger partial charge is 0.408 e. The van der Waals surface area contributed by atoms with Gasteiger partial charge in [0.15, 0.2) is 5.58 Å². The molecule has 16 heavy (non-hydrogen) atoms. The maximum absolute atomic E-state index is 11.3. The van der Waals surface area contributed by atoms with Crippen LogP contribution >= 0.6 is 0 Å². The van der Waals surface area contributed by atoms with Gasteiger partial charge in [-0.05, 0) is 31.8 Å². The Kier molecular flexibility index (Phi) is 2.57. The number of benzene rings is 1. The SMILES string of the molecule is CN(C)C(N)c1ccc2c(c1)oc(=O)n2C. The van der Waals surface area contributed by atoms with E-state index in [4.69, 9.17) is 10.2 Å². The number of hydrogen-bond acceptors (Lipinski definition) is 4. The van der Waals surface area contributed by atoms with Crippen molar-refractivity contribution in [3.63, 3.8) is 0 Å². The van der Waals surface area contributed by atoms with E-state index in [1.54, 1.807) is 13.1 Å². The van der Waals surface area contributed by atoms with Crippen LogP contribution in [0.3, 0.4) is 0 Å². The number of oxazole rings is 1. The van der Waals surface area contributed by atoms with Gasteiger partial charge >= 0.3 is 5.76 Å². The van der Waals surface area contributed by atoms with E-state index in [0.717, 1.165) is 11.1 Å². The molecule has 5 heteroatoms. The molecule has 0 radical (unpaired) electrons. The monoisotopic (exact) mass is 221 g/mol. The van der Waals surface area contributed by atoms with E-state index in [2.05, 4.69) is 0 Å². The van der Waals surface area contributed by atoms with Crippen molar-refractivity contribution in [3.05, 3.63) is 34.3 Å². The normalized spacial score (nSPS) is 13.6. The van der Waals surface area contributed by atoms with E-state index in [9.17, 15) is 4.79 Å². The van der Waals surface area contributed by atoms with Gasteiger partial charge in [0, 0.05) is 7.05 Å². The molecule has 86 valence electrons. The molecule has 1 aromatic heterocycles. The van der Waals surface area contributed by atoms with E-state index in [0.29, 0.717) is 5.58 Å². The lowest BCUT2D eigenvalue weighted by Gasteiger charge is -2.19. The third kappa shape index (κ3) is 1.64. The molecule has 0 aliphatic heterocycles. The quantitative estimate of drug-likeness (QED) is 0.756. The molecule has 0 bridgehead atoms. The first-order valence-corrected chi connectivity index (χ1v) is 5.02. The zero-order valence-corrected chi connectivity index (χ0v) is 9.60. The molecule has 0 saturated heterocycles. The maximum Gasteiger partial charge on any atom is 0.419 e. The third-order valence-electron chi connectivity index (χ3n) is 2.71. The Morgan fingerprint density at radius 3 is 2.75 bits per heavy atom. The zero-order valence-electron chi connectivity index (χ0n) is 9.60. The second kappa shape index (κ2) is 3.77. The highest BCUT2D eigenvalue weighted by Crippen LogP contribution is 2.19. The molecule has 2 aromatic rings. The van der Waals surface area contributed by atoms with Gasteiger partial charge in [-0.3, -0.25) is 9.47 Å². The molecule has 0 amide bonds. The first-order valence-electron chi connectivity index (χ1n) is 5.02. The molecular formula is C11H15N3O2. The molecule has 0 aliphatic carbocycles. The highest BCUT2D eigenvalue weighted by molar-refractivity contribution is 5.73. The lowest BCUT2D eigenvalue weighted by molar-refractivity contribution is 0.307. The molecule has 0 spiro atoms. The van der Waals surface area contributed by atoms with Crippen LogP contribution in [0.2, 0.25) is 0 Å². The Hall–Kier alpha value is -1.59. The van der Waals surface area contributed by atoms with E-state index in [1.165, 1.54) is 4.57 Å². The van der Waals surface area contributed by atoms with Crippen molar-refractivity contribution in [3.8, 4) is 0 Å². The Morgan fingerprint density at radius 2 is 2.12 bits per heavy atom. The fourth-order valence-electron chi connectivity index (χ4n) is 1.63. The van der Waals surface area contributed by atoms with Crippen LogP contribution in [0.15, 0.2) is 27.4 Å². The minimum absolute atomic E-state index is 0.199. The van der Waals surface area contributed by atoms with Gasteiger partial charge in [-0.1, -0.05) is 6.07 Å². The molecular weight excluding hydrogens is 206 g/mol. The molecule has 0 aliphatic rings. The lowest BCUT2D eigenvalue weighted by Crippen LogP contribution is -2.27. The van der Waals surface area contributed by atoms with Gasteiger partial charge < -0.3 is 10.2 Å². The second-order valence-corrected chi connectivity index (χ2v) is 4.06. The highest BCUT2D eigenvalue weighted by Gasteiger charge is 2.11. The van der Waals surface area contributed by atoms with Crippen molar-refractivity contribution in [2.75, 3.05) is 14.1 Å². The summed E-state index contributed by atoms with van der Waals surface area (Å²) in [6.07, 6.45) is -0.199. The summed E-state index contributed by atoms with van der Waals surface area (Å²) < 4.78 is 6.58. The number of rotatable bonds is 2. The fourth-order valence-corrected chi connectivity index (χ4v) is 1.63. The Labute approximate surface area is 93.1 Å². The Bertz CT molecular complexity index is 568. The number of aryl methyl sites for hydroxylation is 1. The minimum Gasteiger partial charge on any atom is -0.408 e. The molecule has 2 N–H and O–H groups in total. The van der Waals surface area contributed by atoms with Crippen LogP contribution in [0.5, 0.6) is 0 Å². The number of nitrogens with two attached hydrogens (primary N) is 1. The summed E-state index contributed by atoms with van der Waals surface area (Å²) in [6, 6.07) is 5.56. The topological polar surface area (TPSA) is 64.4 Å². The number of nitrogens with zero attached hydrogens (tertiary/aromatic N) is 2. The van der Waals surface area contributed by atoms with Crippen molar-refractivity contribution in [2.45, 2.75) is 6.17 Å². The van der Waals surface area contributed by atoms with Crippen molar-refractivity contribution < 1.29 is 4.42 Å². The van der Waals surface area contributed by atoms with Crippen LogP contribution in [0.25, 0.3) is 11.1 Å². The van der Waals surface area contributed by atoms with Crippen molar-refractivity contribution in [2.24, 2.45) is 12.8 Å². The molecule has 0 fully saturated rings. The second-order valence-electron chi connectivity index (χ2n) is 4.06. The van der Waals surface area contributed by atoms with Crippen molar-refractivity contribution in [1.29, 1.82) is 0 Å². The summed E-state index contributed by atoms with van der Waals surface area (Å²) in [4.78, 5) is 13.2. The molecule has 1 heterocycles. The largest absolute Gasteiger partial charge is 0.419 e. The average molecular weight is 221 g/mol. The molecule has 1 unspecified atom stereocenters. The fraction of sp³-hybridized carbons (Fsp3) is 0.364. The maximum atomic E-state index is 11.3. The van der Waals surface area contributed by atoms with Gasteiger partial charge in [-0.15, -0.1) is 0 Å². The van der Waals surface area contributed by atoms with Gasteiger partial charge in [-0.25, -0.2) is 4.79 Å². The van der Waals surface area contributed by atoms with Gasteiger partial charge in [0.25, 0.3) is 0 Å². The zero-order chi connectivity index (χ0) is 11.9. The first kappa shape index (κ1) is 10.9. The van der Waals surface area contributed by atoms with Crippen LogP contribution in [0.4, 0.5) is 0 Å². The molecule has 1 atom stereocenters. The van der Waals surface area contributed by atoms with E-state index in [1.807, 2.05) is 31.1 Å². The molecule has 0 saturated carbocycles. The summed E-state index contributed by atoms with van der Waals surface area (Å²) in [5, 5.41) is 0. The molecule has 2 rings (SSSR count). The Balaban J connectivity index is 2.57. The van der Waals surface area contributed by atoms with Crippen LogP contribution in [0.1, 0.15) is 11.7 Å². The summed E-state index contributed by atoms with van der Waals surface area (Å²) in [5.41, 5.74) is 8.25. The molecule has 5 nitrogen and oxygen atoms in total. The van der Waals surface area contributed by atoms with Crippen LogP contribution < -0.4 is 11.5 Å². The summed E-state index contributed by atoms with van der Waals surface area (Å²) in [6.45, 7) is 0. The standard InChI is InChI=1S/C11H15N3O2/c1-13(2)10(12)7-4-5-8-9(6-7)16-11(15)14(8)3/h4-6,10H,12H2,1-3H3. The third-order valence-corrected chi connectivity index (χ3v) is 2.71. The van der Waals surface area contributed by atoms with Crippen LogP contribution in [0, 0.1) is 0 Å². The minimum atomic E-state index is -0.356. The highest BCUT2D eigenvalue weighted by atomic mass is 16.4. The van der Waals surface area contributed by atoms with E-state index in [-0.39, 0.29) is 11.9 Å². The number of hydrogen-bond donors (Lipinski definition) is 1. The number of aromatic nitrogens is 1. The summed E-state index contributed by atoms with van der Waals surface area (Å²) in [5.74, 6) is -0.356. The van der Waals surface area contributed by atoms with Gasteiger partial charge in [0.1, 0.15) is 0 Å². The van der Waals surface area contributed by atoms with Gasteiger partial charge in [0.2, 0.25) is 0 Å². The predicted molar refractivity (Wildman–Crippen MR) is 62.1 cm³/mol. The van der Waals surface area contributed by atoms with Crippen LogP contribution in [-0.2, 0) is 7.05 Å². The molecule has 1 aromatic carbocycles. The predicted octanol–water partition coefficient (Wildman–Crippen LogP) is 0.650. The van der Waals surface area contributed by atoms with E-state index < -0.39 is 0 Å². The van der Waals surface area contributed by atoms with Crippen LogP contribution in [-0.4, -0.2) is 23.6 Å². The van der Waals surface area contributed by atoms with Crippen molar-refractivity contribution >= 4 is 11.1 Å². The lowest BCUT2D eigenvalue weighted by atomic mass is 10.1. The van der Waals surface area contributed by atoms with Gasteiger partial charge in [-0.2, -0.15) is 0 Å². The van der Waals surface area contributed by atoms with Gasteiger partial charge in [0.05, 0.1) is 11.7 Å². The van der Waals surface area contributed by atoms with Crippen molar-refractivity contribution in [1.82, 2.24) is 9.47 Å². The first-order chi connectivity index (χ1) is 7.50. The Morgan fingerprint density at radius 1 is 1.44 bits per heavy atom.